The van der Waals surface area contributed by atoms with Crippen molar-refractivity contribution in [1.29, 1.82) is 0 Å². The van der Waals surface area contributed by atoms with Gasteiger partial charge in [0.15, 0.2) is 0 Å². The van der Waals surface area contributed by atoms with Crippen molar-refractivity contribution < 1.29 is 9.18 Å². The van der Waals surface area contributed by atoms with Crippen LogP contribution in [0.15, 0.2) is 30.5 Å². The van der Waals surface area contributed by atoms with E-state index in [-0.39, 0.29) is 17.6 Å². The van der Waals surface area contributed by atoms with Gasteiger partial charge >= 0.3 is 0 Å². The van der Waals surface area contributed by atoms with Crippen LogP contribution < -0.4 is 5.73 Å². The lowest BCUT2D eigenvalue weighted by Crippen LogP contribution is -2.24. The molecule has 1 aromatic heterocycles. The van der Waals surface area contributed by atoms with Gasteiger partial charge in [-0.05, 0) is 29.7 Å². The highest BCUT2D eigenvalue weighted by atomic mass is 19.1. The minimum atomic E-state index is -0.349. The predicted molar refractivity (Wildman–Crippen MR) is 60.3 cm³/mol. The number of amides is 1. The van der Waals surface area contributed by atoms with Crippen molar-refractivity contribution >= 4 is 16.8 Å². The van der Waals surface area contributed by atoms with Gasteiger partial charge in [-0.2, -0.15) is 0 Å². The van der Waals surface area contributed by atoms with Gasteiger partial charge in [0.25, 0.3) is 0 Å². The molecule has 0 radical (unpaired) electrons. The monoisotopic (exact) mass is 220 g/mol. The minimum absolute atomic E-state index is 0.265. The third-order valence-electron chi connectivity index (χ3n) is 2.69. The molecule has 84 valence electrons. The number of nitrogens with two attached hydrogens (primary N) is 1. The third kappa shape index (κ3) is 1.91. The van der Waals surface area contributed by atoms with Gasteiger partial charge in [-0.25, -0.2) is 4.39 Å². The highest BCUT2D eigenvalue weighted by molar-refractivity contribution is 5.81. The maximum absolute atomic E-state index is 13.1. The number of hydrogen-bond donors (Lipinski definition) is 1. The van der Waals surface area contributed by atoms with Crippen molar-refractivity contribution in [2.75, 3.05) is 0 Å². The summed E-state index contributed by atoms with van der Waals surface area (Å²) in [6.07, 6.45) is 1.84. The quantitative estimate of drug-likeness (QED) is 0.843. The van der Waals surface area contributed by atoms with Gasteiger partial charge in [0, 0.05) is 12.7 Å². The molecule has 0 saturated carbocycles. The van der Waals surface area contributed by atoms with Crippen LogP contribution in [0.25, 0.3) is 10.9 Å². The smallest absolute Gasteiger partial charge is 0.222 e. The Morgan fingerprint density at radius 2 is 2.25 bits per heavy atom. The second-order valence-corrected chi connectivity index (χ2v) is 3.97. The van der Waals surface area contributed by atoms with E-state index in [1.807, 2.05) is 16.8 Å². The SMILES string of the molecule is CC(Cn1ccc2ccc(F)cc21)C(N)=O. The number of aromatic nitrogens is 1. The molecule has 1 heterocycles. The second kappa shape index (κ2) is 3.96. The van der Waals surface area contributed by atoms with Gasteiger partial charge < -0.3 is 10.3 Å². The fraction of sp³-hybridized carbons (Fsp3) is 0.250. The van der Waals surface area contributed by atoms with Crippen LogP contribution in [0, 0.1) is 11.7 Å². The first-order valence-corrected chi connectivity index (χ1v) is 5.11. The Labute approximate surface area is 92.7 Å². The Hall–Kier alpha value is -1.84. The molecule has 1 amide bonds. The van der Waals surface area contributed by atoms with E-state index < -0.39 is 0 Å². The number of halogens is 1. The summed E-state index contributed by atoms with van der Waals surface area (Å²) in [5.74, 6) is -0.892. The number of rotatable bonds is 3. The Morgan fingerprint density at radius 3 is 2.94 bits per heavy atom. The molecule has 3 nitrogen and oxygen atoms in total. The van der Waals surface area contributed by atoms with Crippen LogP contribution in [0.1, 0.15) is 6.92 Å². The maximum atomic E-state index is 13.1. The lowest BCUT2D eigenvalue weighted by molar-refractivity contribution is -0.121. The minimum Gasteiger partial charge on any atom is -0.369 e. The number of nitrogens with zero attached hydrogens (tertiary/aromatic N) is 1. The Kier molecular flexibility index (Phi) is 2.64. The average molecular weight is 220 g/mol. The van der Waals surface area contributed by atoms with Gasteiger partial charge in [-0.15, -0.1) is 0 Å². The first-order valence-electron chi connectivity index (χ1n) is 5.11. The topological polar surface area (TPSA) is 48.0 Å². The van der Waals surface area contributed by atoms with Crippen molar-refractivity contribution in [1.82, 2.24) is 4.57 Å². The van der Waals surface area contributed by atoms with Crippen LogP contribution in [0.5, 0.6) is 0 Å². The molecule has 0 aliphatic rings. The van der Waals surface area contributed by atoms with Crippen LogP contribution >= 0.6 is 0 Å². The van der Waals surface area contributed by atoms with Crippen LogP contribution in [0.4, 0.5) is 4.39 Å². The van der Waals surface area contributed by atoms with Crippen LogP contribution in [0.2, 0.25) is 0 Å². The fourth-order valence-electron chi connectivity index (χ4n) is 1.70. The first kappa shape index (κ1) is 10.7. The Bertz CT molecular complexity index is 533. The molecule has 16 heavy (non-hydrogen) atoms. The molecular weight excluding hydrogens is 207 g/mol. The van der Waals surface area contributed by atoms with E-state index in [1.165, 1.54) is 12.1 Å². The standard InChI is InChI=1S/C12H13FN2O/c1-8(12(14)16)7-15-5-4-9-2-3-10(13)6-11(9)15/h2-6,8H,7H2,1H3,(H2,14,16). The first-order chi connectivity index (χ1) is 7.58. The van der Waals surface area contributed by atoms with Crippen LogP contribution in [-0.2, 0) is 11.3 Å². The van der Waals surface area contributed by atoms with E-state index >= 15 is 0 Å². The highest BCUT2D eigenvalue weighted by Gasteiger charge is 2.11. The summed E-state index contributed by atoms with van der Waals surface area (Å²) in [5.41, 5.74) is 5.99. The molecule has 1 aromatic carbocycles. The maximum Gasteiger partial charge on any atom is 0.222 e. The second-order valence-electron chi connectivity index (χ2n) is 3.97. The largest absolute Gasteiger partial charge is 0.369 e. The van der Waals surface area contributed by atoms with Crippen molar-refractivity contribution in [2.24, 2.45) is 11.7 Å². The molecule has 0 saturated heterocycles. The lowest BCUT2D eigenvalue weighted by atomic mass is 10.1. The summed E-state index contributed by atoms with van der Waals surface area (Å²) in [4.78, 5) is 11.0. The number of hydrogen-bond acceptors (Lipinski definition) is 1. The molecular formula is C12H13FN2O. The number of carbonyl (C=O) groups is 1. The lowest BCUT2D eigenvalue weighted by Gasteiger charge is -2.09. The Morgan fingerprint density at radius 1 is 1.50 bits per heavy atom. The average Bonchev–Trinajstić information content (AvgIpc) is 2.61. The summed E-state index contributed by atoms with van der Waals surface area (Å²) >= 11 is 0. The van der Waals surface area contributed by atoms with Crippen molar-refractivity contribution in [3.63, 3.8) is 0 Å². The number of benzene rings is 1. The number of primary amides is 1. The van der Waals surface area contributed by atoms with Gasteiger partial charge in [0.2, 0.25) is 5.91 Å². The van der Waals surface area contributed by atoms with Gasteiger partial charge in [-0.1, -0.05) is 6.92 Å². The molecule has 4 heteroatoms. The van der Waals surface area contributed by atoms with E-state index in [0.29, 0.717) is 6.54 Å². The van der Waals surface area contributed by atoms with Crippen LogP contribution in [0.3, 0.4) is 0 Å². The van der Waals surface area contributed by atoms with E-state index in [1.54, 1.807) is 13.0 Å². The molecule has 0 aliphatic heterocycles. The van der Waals surface area contributed by atoms with E-state index in [9.17, 15) is 9.18 Å². The van der Waals surface area contributed by atoms with Crippen molar-refractivity contribution in [2.45, 2.75) is 13.5 Å². The zero-order chi connectivity index (χ0) is 11.7. The molecule has 0 spiro atoms. The summed E-state index contributed by atoms with van der Waals surface area (Å²) < 4.78 is 14.9. The molecule has 1 atom stereocenters. The van der Waals surface area contributed by atoms with Crippen molar-refractivity contribution in [3.05, 3.63) is 36.3 Å². The highest BCUT2D eigenvalue weighted by Crippen LogP contribution is 2.18. The molecule has 0 aliphatic carbocycles. The van der Waals surface area contributed by atoms with Gasteiger partial charge in [0.05, 0.1) is 11.4 Å². The normalized spacial score (nSPS) is 12.9. The Balaban J connectivity index is 2.37. The van der Waals surface area contributed by atoms with E-state index in [0.717, 1.165) is 10.9 Å². The summed E-state index contributed by atoms with van der Waals surface area (Å²) in [7, 11) is 0. The molecule has 0 fully saturated rings. The summed E-state index contributed by atoms with van der Waals surface area (Å²) in [5, 5.41) is 0.957. The molecule has 2 aromatic rings. The van der Waals surface area contributed by atoms with Gasteiger partial charge in [0.1, 0.15) is 5.82 Å². The summed E-state index contributed by atoms with van der Waals surface area (Å²) in [6, 6.07) is 6.49. The summed E-state index contributed by atoms with van der Waals surface area (Å²) in [6.45, 7) is 2.23. The molecule has 2 N–H and O–H groups in total. The third-order valence-corrected chi connectivity index (χ3v) is 2.69. The van der Waals surface area contributed by atoms with Crippen LogP contribution in [-0.4, -0.2) is 10.5 Å². The molecule has 0 bridgehead atoms. The van der Waals surface area contributed by atoms with Crippen molar-refractivity contribution in [3.8, 4) is 0 Å². The fourth-order valence-corrected chi connectivity index (χ4v) is 1.70. The molecule has 1 unspecified atom stereocenters. The van der Waals surface area contributed by atoms with Gasteiger partial charge in [-0.3, -0.25) is 4.79 Å². The number of fused-ring (bicyclic) bond motifs is 1. The van der Waals surface area contributed by atoms with E-state index in [2.05, 4.69) is 0 Å². The molecule has 2 rings (SSSR count). The zero-order valence-electron chi connectivity index (χ0n) is 8.98. The zero-order valence-corrected chi connectivity index (χ0v) is 8.98. The number of carbonyl (C=O) groups excluding carboxylic acids is 1. The predicted octanol–water partition coefficient (Wildman–Crippen LogP) is 1.90. The van der Waals surface area contributed by atoms with E-state index in [4.69, 9.17) is 5.73 Å².